The molecular formula is C20H21ClN4O3S. The van der Waals surface area contributed by atoms with Crippen molar-refractivity contribution in [2.24, 2.45) is 0 Å². The van der Waals surface area contributed by atoms with Gasteiger partial charge in [0.2, 0.25) is 5.91 Å². The third-order valence-electron chi connectivity index (χ3n) is 3.97. The monoisotopic (exact) mass is 432 g/mol. The maximum atomic E-state index is 12.1. The Balaban J connectivity index is 1.57. The van der Waals surface area contributed by atoms with Gasteiger partial charge in [-0.2, -0.15) is 0 Å². The number of thioether (sulfide) groups is 1. The van der Waals surface area contributed by atoms with Crippen LogP contribution in [-0.2, 0) is 24.5 Å². The van der Waals surface area contributed by atoms with Crippen LogP contribution in [0.1, 0.15) is 17.1 Å². The maximum Gasteiger partial charge on any atom is 0.230 e. The van der Waals surface area contributed by atoms with Crippen molar-refractivity contribution >= 4 is 29.3 Å². The maximum absolute atomic E-state index is 12.1. The van der Waals surface area contributed by atoms with E-state index in [1.807, 2.05) is 29.7 Å². The zero-order valence-electron chi connectivity index (χ0n) is 15.9. The molecular weight excluding hydrogens is 412 g/mol. The fourth-order valence-corrected chi connectivity index (χ4v) is 3.39. The number of nitrogens with one attached hydrogen (secondary N) is 1. The number of carbonyl (C=O) groups excluding carboxylic acids is 1. The average molecular weight is 433 g/mol. The molecule has 7 nitrogen and oxygen atoms in total. The molecule has 2 aromatic heterocycles. The number of aryl methyl sites for hydroxylation is 1. The van der Waals surface area contributed by atoms with Crippen molar-refractivity contribution in [3.05, 3.63) is 71.4 Å². The van der Waals surface area contributed by atoms with Gasteiger partial charge in [-0.3, -0.25) is 9.36 Å². The number of ether oxygens (including phenoxy) is 1. The molecule has 0 aliphatic heterocycles. The number of halogens is 1. The van der Waals surface area contributed by atoms with E-state index >= 15 is 0 Å². The van der Waals surface area contributed by atoms with E-state index in [0.29, 0.717) is 40.6 Å². The average Bonchev–Trinajstić information content (AvgIpc) is 3.36. The van der Waals surface area contributed by atoms with Crippen LogP contribution in [0.5, 0.6) is 5.75 Å². The molecule has 3 aromatic rings. The molecule has 152 valence electrons. The summed E-state index contributed by atoms with van der Waals surface area (Å²) in [7, 11) is 0. The number of aromatic nitrogens is 3. The highest BCUT2D eigenvalue weighted by Crippen LogP contribution is 2.23. The van der Waals surface area contributed by atoms with Gasteiger partial charge in [-0.05, 0) is 42.8 Å². The SMILES string of the molecule is C=CCn1c(COc2ccc(Cl)c(C)c2)nnc1SCC(=O)NCc1ccco1. The summed E-state index contributed by atoms with van der Waals surface area (Å²) >= 11 is 7.35. The van der Waals surface area contributed by atoms with E-state index in [2.05, 4.69) is 22.1 Å². The fourth-order valence-electron chi connectivity index (χ4n) is 2.48. The number of nitrogens with zero attached hydrogens (tertiary/aromatic N) is 3. The molecule has 0 radical (unpaired) electrons. The van der Waals surface area contributed by atoms with Crippen LogP contribution < -0.4 is 10.1 Å². The number of hydrogen-bond acceptors (Lipinski definition) is 6. The first kappa shape index (κ1) is 21.0. The molecule has 1 amide bonds. The van der Waals surface area contributed by atoms with Gasteiger partial charge >= 0.3 is 0 Å². The molecule has 0 fully saturated rings. The molecule has 0 saturated heterocycles. The Morgan fingerprint density at radius 2 is 2.28 bits per heavy atom. The largest absolute Gasteiger partial charge is 0.486 e. The van der Waals surface area contributed by atoms with Gasteiger partial charge in [0, 0.05) is 11.6 Å². The molecule has 1 aromatic carbocycles. The number of benzene rings is 1. The van der Waals surface area contributed by atoms with Crippen LogP contribution in [0.25, 0.3) is 0 Å². The van der Waals surface area contributed by atoms with Crippen molar-refractivity contribution in [1.29, 1.82) is 0 Å². The van der Waals surface area contributed by atoms with E-state index in [4.69, 9.17) is 20.8 Å². The molecule has 0 aliphatic rings. The number of hydrogen-bond donors (Lipinski definition) is 1. The Morgan fingerprint density at radius 1 is 1.41 bits per heavy atom. The van der Waals surface area contributed by atoms with Gasteiger partial charge in [0.25, 0.3) is 0 Å². The summed E-state index contributed by atoms with van der Waals surface area (Å²) < 4.78 is 12.9. The van der Waals surface area contributed by atoms with Crippen molar-refractivity contribution in [2.75, 3.05) is 5.75 Å². The van der Waals surface area contributed by atoms with Gasteiger partial charge in [-0.25, -0.2) is 0 Å². The summed E-state index contributed by atoms with van der Waals surface area (Å²) in [6.45, 7) is 6.81. The molecule has 1 N–H and O–H groups in total. The number of furan rings is 1. The second-order valence-electron chi connectivity index (χ2n) is 6.14. The third-order valence-corrected chi connectivity index (χ3v) is 5.37. The molecule has 0 unspecified atom stereocenters. The zero-order chi connectivity index (χ0) is 20.6. The highest BCUT2D eigenvalue weighted by atomic mass is 35.5. The molecule has 0 bridgehead atoms. The molecule has 0 spiro atoms. The number of carbonyl (C=O) groups is 1. The quantitative estimate of drug-likeness (QED) is 0.385. The lowest BCUT2D eigenvalue weighted by Crippen LogP contribution is -2.24. The van der Waals surface area contributed by atoms with Gasteiger partial charge in [0.05, 0.1) is 18.6 Å². The molecule has 0 aliphatic carbocycles. The number of rotatable bonds is 10. The normalized spacial score (nSPS) is 10.7. The van der Waals surface area contributed by atoms with Crippen LogP contribution in [0.15, 0.2) is 58.8 Å². The highest BCUT2D eigenvalue weighted by Gasteiger charge is 2.14. The Labute approximate surface area is 178 Å². The minimum atomic E-state index is -0.117. The first-order chi connectivity index (χ1) is 14.1. The lowest BCUT2D eigenvalue weighted by Gasteiger charge is -2.10. The highest BCUT2D eigenvalue weighted by molar-refractivity contribution is 7.99. The van der Waals surface area contributed by atoms with Gasteiger partial charge in [0.15, 0.2) is 11.0 Å². The van der Waals surface area contributed by atoms with Crippen molar-refractivity contribution in [2.45, 2.75) is 31.8 Å². The number of amides is 1. The molecule has 0 saturated carbocycles. The van der Waals surface area contributed by atoms with Crippen LogP contribution in [0, 0.1) is 6.92 Å². The summed E-state index contributed by atoms with van der Waals surface area (Å²) in [6.07, 6.45) is 3.32. The summed E-state index contributed by atoms with van der Waals surface area (Å²) in [5.41, 5.74) is 0.938. The van der Waals surface area contributed by atoms with E-state index in [-0.39, 0.29) is 18.3 Å². The van der Waals surface area contributed by atoms with Crippen molar-refractivity contribution in [1.82, 2.24) is 20.1 Å². The second kappa shape index (κ2) is 10.2. The van der Waals surface area contributed by atoms with E-state index in [1.165, 1.54) is 11.8 Å². The van der Waals surface area contributed by atoms with Gasteiger partial charge < -0.3 is 14.5 Å². The smallest absolute Gasteiger partial charge is 0.230 e. The first-order valence-electron chi connectivity index (χ1n) is 8.90. The topological polar surface area (TPSA) is 82.2 Å². The Bertz CT molecular complexity index is 972. The van der Waals surface area contributed by atoms with E-state index in [0.717, 1.165) is 5.56 Å². The predicted molar refractivity (Wildman–Crippen MR) is 112 cm³/mol. The molecule has 29 heavy (non-hydrogen) atoms. The standard InChI is InChI=1S/C20H21ClN4O3S/c1-3-8-25-18(12-28-15-6-7-17(21)14(2)10-15)23-24-20(25)29-13-19(26)22-11-16-5-4-9-27-16/h3-7,9-10H,1,8,11-13H2,2H3,(H,22,26). The van der Waals surface area contributed by atoms with Crippen molar-refractivity contribution < 1.29 is 13.9 Å². The molecule has 0 atom stereocenters. The minimum Gasteiger partial charge on any atom is -0.486 e. The third kappa shape index (κ3) is 5.88. The summed E-state index contributed by atoms with van der Waals surface area (Å²) in [5, 5.41) is 12.5. The minimum absolute atomic E-state index is 0.117. The first-order valence-corrected chi connectivity index (χ1v) is 10.3. The van der Waals surface area contributed by atoms with Crippen molar-refractivity contribution in [3.8, 4) is 5.75 Å². The Kier molecular flexibility index (Phi) is 7.37. The van der Waals surface area contributed by atoms with Crippen LogP contribution >= 0.6 is 23.4 Å². The lowest BCUT2D eigenvalue weighted by molar-refractivity contribution is -0.118. The van der Waals surface area contributed by atoms with Gasteiger partial charge in [-0.1, -0.05) is 29.4 Å². The molecule has 2 heterocycles. The van der Waals surface area contributed by atoms with Gasteiger partial charge in [-0.15, -0.1) is 16.8 Å². The summed E-state index contributed by atoms with van der Waals surface area (Å²) in [4.78, 5) is 12.1. The summed E-state index contributed by atoms with van der Waals surface area (Å²) in [6, 6.07) is 9.06. The molecule has 3 rings (SSSR count). The lowest BCUT2D eigenvalue weighted by atomic mass is 10.2. The zero-order valence-corrected chi connectivity index (χ0v) is 17.5. The van der Waals surface area contributed by atoms with Crippen LogP contribution in [0.3, 0.4) is 0 Å². The second-order valence-corrected chi connectivity index (χ2v) is 7.49. The van der Waals surface area contributed by atoms with E-state index < -0.39 is 0 Å². The van der Waals surface area contributed by atoms with E-state index in [9.17, 15) is 4.79 Å². The van der Waals surface area contributed by atoms with Crippen LogP contribution in [0.2, 0.25) is 5.02 Å². The Morgan fingerprint density at radius 3 is 3.00 bits per heavy atom. The Hall–Kier alpha value is -2.71. The summed E-state index contributed by atoms with van der Waals surface area (Å²) in [5.74, 6) is 2.15. The predicted octanol–water partition coefficient (Wildman–Crippen LogP) is 4.01. The van der Waals surface area contributed by atoms with E-state index in [1.54, 1.807) is 24.5 Å². The van der Waals surface area contributed by atoms with Crippen LogP contribution in [0.4, 0.5) is 0 Å². The number of allylic oxidation sites excluding steroid dienone is 1. The molecule has 9 heteroatoms. The van der Waals surface area contributed by atoms with Crippen molar-refractivity contribution in [3.63, 3.8) is 0 Å². The van der Waals surface area contributed by atoms with Gasteiger partial charge in [0.1, 0.15) is 18.1 Å². The van der Waals surface area contributed by atoms with Crippen LogP contribution in [-0.4, -0.2) is 26.4 Å². The fraction of sp³-hybridized carbons (Fsp3) is 0.250.